The lowest BCUT2D eigenvalue weighted by atomic mass is 10.0. The van der Waals surface area contributed by atoms with E-state index in [0.29, 0.717) is 17.5 Å². The Kier molecular flexibility index (Phi) is 7.03. The number of imidazole rings is 1. The molecule has 244 valence electrons. The minimum Gasteiger partial charge on any atom is -0.309 e. The highest BCUT2D eigenvalue weighted by molar-refractivity contribution is 6.11. The standard InChI is InChI=1S/C46H30N6/c1-4-13-31(14-5-1)33-17-12-18-35(27-33)45-48-44(32-15-6-2-7-16-32)49-46(50-45)36-23-25-39-38-24-22-34(40-30-51-26-11-10-21-43(51)47-40)28-41(38)52(42(39)29-36)37-19-8-3-9-20-37/h1-30H. The molecule has 0 radical (unpaired) electrons. The SMILES string of the molecule is c1ccc(-c2cccc(-c3nc(-c4ccccc4)nc(-c4ccc5c6ccc(-c7cn8ccccc8n7)cc6n(-c6ccccc6)c5c4)n3)c2)cc1. The minimum absolute atomic E-state index is 0.617. The van der Waals surface area contributed by atoms with Crippen molar-refractivity contribution >= 4 is 27.5 Å². The molecule has 52 heavy (non-hydrogen) atoms. The van der Waals surface area contributed by atoms with Crippen LogP contribution in [0.15, 0.2) is 182 Å². The van der Waals surface area contributed by atoms with E-state index in [1.165, 1.54) is 0 Å². The summed E-state index contributed by atoms with van der Waals surface area (Å²) in [7, 11) is 0. The fourth-order valence-corrected chi connectivity index (χ4v) is 7.06. The van der Waals surface area contributed by atoms with Gasteiger partial charge in [-0.15, -0.1) is 0 Å². The van der Waals surface area contributed by atoms with Crippen molar-refractivity contribution in [3.8, 4) is 62.2 Å². The maximum atomic E-state index is 5.13. The molecule has 6 nitrogen and oxygen atoms in total. The Morgan fingerprint density at radius 3 is 1.60 bits per heavy atom. The molecule has 6 aromatic carbocycles. The van der Waals surface area contributed by atoms with Crippen LogP contribution < -0.4 is 0 Å². The summed E-state index contributed by atoms with van der Waals surface area (Å²) in [4.78, 5) is 20.1. The summed E-state index contributed by atoms with van der Waals surface area (Å²) in [6, 6.07) is 58.6. The molecular weight excluding hydrogens is 637 g/mol. The normalized spacial score (nSPS) is 11.5. The molecule has 6 heteroatoms. The molecule has 4 aromatic heterocycles. The van der Waals surface area contributed by atoms with Crippen LogP contribution in [-0.4, -0.2) is 28.9 Å². The smallest absolute Gasteiger partial charge is 0.164 e. The van der Waals surface area contributed by atoms with Crippen LogP contribution >= 0.6 is 0 Å². The largest absolute Gasteiger partial charge is 0.309 e. The van der Waals surface area contributed by atoms with Crippen LogP contribution in [-0.2, 0) is 0 Å². The van der Waals surface area contributed by atoms with Crippen LogP contribution in [0.4, 0.5) is 0 Å². The molecule has 0 N–H and O–H groups in total. The summed E-state index contributed by atoms with van der Waals surface area (Å²) in [6.07, 6.45) is 4.12. The van der Waals surface area contributed by atoms with Gasteiger partial charge in [0.15, 0.2) is 17.5 Å². The number of nitrogens with zero attached hydrogens (tertiary/aromatic N) is 6. The van der Waals surface area contributed by atoms with E-state index in [1.807, 2.05) is 60.8 Å². The van der Waals surface area contributed by atoms with Gasteiger partial charge in [0.05, 0.1) is 16.7 Å². The molecule has 0 bridgehead atoms. The van der Waals surface area contributed by atoms with Gasteiger partial charge in [-0.05, 0) is 53.6 Å². The van der Waals surface area contributed by atoms with E-state index in [4.69, 9.17) is 19.9 Å². The lowest BCUT2D eigenvalue weighted by Gasteiger charge is -2.11. The second-order valence-corrected chi connectivity index (χ2v) is 12.8. The molecule has 10 rings (SSSR count). The van der Waals surface area contributed by atoms with Crippen LogP contribution in [0.3, 0.4) is 0 Å². The third kappa shape index (κ3) is 5.22. The van der Waals surface area contributed by atoms with Crippen LogP contribution in [0.5, 0.6) is 0 Å². The number of fused-ring (bicyclic) bond motifs is 4. The molecule has 0 unspecified atom stereocenters. The van der Waals surface area contributed by atoms with E-state index < -0.39 is 0 Å². The first-order valence-corrected chi connectivity index (χ1v) is 17.3. The fraction of sp³-hybridized carbons (Fsp3) is 0. The highest BCUT2D eigenvalue weighted by Crippen LogP contribution is 2.37. The molecule has 4 heterocycles. The van der Waals surface area contributed by atoms with E-state index in [1.54, 1.807) is 0 Å². The van der Waals surface area contributed by atoms with Crippen molar-refractivity contribution in [2.45, 2.75) is 0 Å². The summed E-state index contributed by atoms with van der Waals surface area (Å²) < 4.78 is 4.39. The predicted octanol–water partition coefficient (Wildman–Crippen LogP) is 11.0. The van der Waals surface area contributed by atoms with Gasteiger partial charge >= 0.3 is 0 Å². The van der Waals surface area contributed by atoms with E-state index in [9.17, 15) is 0 Å². The Morgan fingerprint density at radius 2 is 0.904 bits per heavy atom. The number of hydrogen-bond acceptors (Lipinski definition) is 4. The molecule has 0 aliphatic heterocycles. The van der Waals surface area contributed by atoms with Crippen molar-refractivity contribution in [3.63, 3.8) is 0 Å². The monoisotopic (exact) mass is 666 g/mol. The Labute approximate surface area is 300 Å². The van der Waals surface area contributed by atoms with Crippen molar-refractivity contribution in [3.05, 3.63) is 182 Å². The van der Waals surface area contributed by atoms with Gasteiger partial charge < -0.3 is 8.97 Å². The summed E-state index contributed by atoms with van der Waals surface area (Å²) in [5.74, 6) is 1.88. The lowest BCUT2D eigenvalue weighted by Crippen LogP contribution is -2.00. The molecule has 10 aromatic rings. The van der Waals surface area contributed by atoms with Gasteiger partial charge in [-0.3, -0.25) is 0 Å². The zero-order chi connectivity index (χ0) is 34.4. The number of pyridine rings is 1. The van der Waals surface area contributed by atoms with E-state index in [2.05, 4.69) is 130 Å². The van der Waals surface area contributed by atoms with Gasteiger partial charge in [0.1, 0.15) is 5.65 Å². The Bertz CT molecular complexity index is 2860. The Morgan fingerprint density at radius 1 is 0.365 bits per heavy atom. The highest BCUT2D eigenvalue weighted by atomic mass is 15.0. The van der Waals surface area contributed by atoms with E-state index in [-0.39, 0.29) is 0 Å². The molecule has 0 atom stereocenters. The fourth-order valence-electron chi connectivity index (χ4n) is 7.06. The number of para-hydroxylation sites is 1. The molecule has 0 aliphatic carbocycles. The Balaban J connectivity index is 1.17. The Hall–Kier alpha value is -7.18. The van der Waals surface area contributed by atoms with Gasteiger partial charge in [-0.25, -0.2) is 19.9 Å². The zero-order valence-corrected chi connectivity index (χ0v) is 28.0. The van der Waals surface area contributed by atoms with E-state index in [0.717, 1.165) is 72.2 Å². The van der Waals surface area contributed by atoms with Crippen molar-refractivity contribution in [2.24, 2.45) is 0 Å². The lowest BCUT2D eigenvalue weighted by molar-refractivity contribution is 1.07. The molecule has 0 saturated carbocycles. The first-order chi connectivity index (χ1) is 25.7. The average molecular weight is 667 g/mol. The van der Waals surface area contributed by atoms with Gasteiger partial charge in [0.2, 0.25) is 0 Å². The number of aromatic nitrogens is 6. The quantitative estimate of drug-likeness (QED) is 0.177. The second-order valence-electron chi connectivity index (χ2n) is 12.8. The zero-order valence-electron chi connectivity index (χ0n) is 28.0. The van der Waals surface area contributed by atoms with Gasteiger partial charge in [-0.2, -0.15) is 0 Å². The average Bonchev–Trinajstić information content (AvgIpc) is 3.81. The topological polar surface area (TPSA) is 60.9 Å². The summed E-state index contributed by atoms with van der Waals surface area (Å²) in [5.41, 5.74) is 11.2. The van der Waals surface area contributed by atoms with Crippen molar-refractivity contribution in [1.82, 2.24) is 28.9 Å². The van der Waals surface area contributed by atoms with Crippen LogP contribution in [0.2, 0.25) is 0 Å². The van der Waals surface area contributed by atoms with E-state index >= 15 is 0 Å². The van der Waals surface area contributed by atoms with Gasteiger partial charge in [-0.1, -0.05) is 127 Å². The number of benzene rings is 6. The first-order valence-electron chi connectivity index (χ1n) is 17.3. The molecule has 0 saturated heterocycles. The predicted molar refractivity (Wildman–Crippen MR) is 210 cm³/mol. The first kappa shape index (κ1) is 29.7. The number of hydrogen-bond donors (Lipinski definition) is 0. The number of rotatable bonds is 6. The van der Waals surface area contributed by atoms with Crippen molar-refractivity contribution in [1.29, 1.82) is 0 Å². The summed E-state index contributed by atoms with van der Waals surface area (Å²) in [5, 5.41) is 2.31. The third-order valence-electron chi connectivity index (χ3n) is 9.60. The van der Waals surface area contributed by atoms with Gasteiger partial charge in [0, 0.05) is 51.1 Å². The molecule has 0 amide bonds. The van der Waals surface area contributed by atoms with Crippen molar-refractivity contribution < 1.29 is 0 Å². The van der Waals surface area contributed by atoms with Crippen molar-refractivity contribution in [2.75, 3.05) is 0 Å². The third-order valence-corrected chi connectivity index (χ3v) is 9.60. The maximum absolute atomic E-state index is 5.13. The molecule has 0 fully saturated rings. The molecule has 0 spiro atoms. The molecule has 0 aliphatic rings. The van der Waals surface area contributed by atoms with Crippen LogP contribution in [0.25, 0.3) is 89.7 Å². The van der Waals surface area contributed by atoms with Crippen LogP contribution in [0.1, 0.15) is 0 Å². The maximum Gasteiger partial charge on any atom is 0.164 e. The summed E-state index contributed by atoms with van der Waals surface area (Å²) >= 11 is 0. The highest BCUT2D eigenvalue weighted by Gasteiger charge is 2.18. The summed E-state index contributed by atoms with van der Waals surface area (Å²) in [6.45, 7) is 0. The van der Waals surface area contributed by atoms with Gasteiger partial charge in [0.25, 0.3) is 0 Å². The minimum atomic E-state index is 0.617. The molecular formula is C46H30N6. The second kappa shape index (κ2) is 12.3. The van der Waals surface area contributed by atoms with Crippen LogP contribution in [0, 0.1) is 0 Å².